The molecule has 5 heteroatoms. The molecule has 2 rings (SSSR count). The van der Waals surface area contributed by atoms with Gasteiger partial charge in [0.1, 0.15) is 0 Å². The van der Waals surface area contributed by atoms with E-state index in [1.807, 2.05) is 6.92 Å². The highest BCUT2D eigenvalue weighted by Crippen LogP contribution is 2.23. The molecule has 2 atom stereocenters. The standard InChI is InChI=1S/C13H21N3OS/c1-9-16-12(8-18-9)5-6-15-13(17)10-3-2-4-11(14)7-10/h8,10-11H,2-7,14H2,1H3,(H,15,17). The summed E-state index contributed by atoms with van der Waals surface area (Å²) < 4.78 is 0. The van der Waals surface area contributed by atoms with E-state index in [1.165, 1.54) is 0 Å². The first-order chi connectivity index (χ1) is 8.65. The smallest absolute Gasteiger partial charge is 0.223 e. The van der Waals surface area contributed by atoms with Gasteiger partial charge in [-0.1, -0.05) is 6.42 Å². The maximum absolute atomic E-state index is 12.0. The summed E-state index contributed by atoms with van der Waals surface area (Å²) in [6.07, 6.45) is 4.76. The number of nitrogens with zero attached hydrogens (tertiary/aromatic N) is 1. The summed E-state index contributed by atoms with van der Waals surface area (Å²) in [7, 11) is 0. The minimum Gasteiger partial charge on any atom is -0.355 e. The van der Waals surface area contributed by atoms with Gasteiger partial charge in [-0.25, -0.2) is 4.98 Å². The van der Waals surface area contributed by atoms with Crippen LogP contribution in [0.4, 0.5) is 0 Å². The summed E-state index contributed by atoms with van der Waals surface area (Å²) in [5.74, 6) is 0.281. The first kappa shape index (κ1) is 13.5. The molecule has 18 heavy (non-hydrogen) atoms. The number of thiazole rings is 1. The summed E-state index contributed by atoms with van der Waals surface area (Å²) in [6, 6.07) is 0.204. The molecule has 0 aromatic carbocycles. The second-order valence-electron chi connectivity index (χ2n) is 5.02. The van der Waals surface area contributed by atoms with Crippen LogP contribution in [0.2, 0.25) is 0 Å². The van der Waals surface area contributed by atoms with E-state index >= 15 is 0 Å². The first-order valence-electron chi connectivity index (χ1n) is 6.59. The van der Waals surface area contributed by atoms with E-state index in [0.29, 0.717) is 6.54 Å². The van der Waals surface area contributed by atoms with Gasteiger partial charge in [0.25, 0.3) is 0 Å². The lowest BCUT2D eigenvalue weighted by atomic mass is 9.85. The van der Waals surface area contributed by atoms with Gasteiger partial charge >= 0.3 is 0 Å². The Kier molecular flexibility index (Phi) is 4.72. The number of nitrogens with two attached hydrogens (primary N) is 1. The van der Waals surface area contributed by atoms with Crippen molar-refractivity contribution in [1.82, 2.24) is 10.3 Å². The number of aryl methyl sites for hydroxylation is 1. The van der Waals surface area contributed by atoms with Crippen LogP contribution in [0.5, 0.6) is 0 Å². The van der Waals surface area contributed by atoms with E-state index in [9.17, 15) is 4.79 Å². The zero-order valence-corrected chi connectivity index (χ0v) is 11.6. The van der Waals surface area contributed by atoms with Crippen LogP contribution in [0, 0.1) is 12.8 Å². The molecule has 1 aromatic heterocycles. The molecular weight excluding hydrogens is 246 g/mol. The number of carbonyl (C=O) groups excluding carboxylic acids is 1. The first-order valence-corrected chi connectivity index (χ1v) is 7.47. The summed E-state index contributed by atoms with van der Waals surface area (Å²) in [4.78, 5) is 16.3. The van der Waals surface area contributed by atoms with Crippen LogP contribution in [-0.2, 0) is 11.2 Å². The van der Waals surface area contributed by atoms with Gasteiger partial charge < -0.3 is 11.1 Å². The number of hydrogen-bond donors (Lipinski definition) is 2. The fourth-order valence-corrected chi connectivity index (χ4v) is 3.09. The van der Waals surface area contributed by atoms with E-state index in [1.54, 1.807) is 11.3 Å². The van der Waals surface area contributed by atoms with E-state index in [2.05, 4.69) is 15.7 Å². The largest absolute Gasteiger partial charge is 0.355 e. The van der Waals surface area contributed by atoms with E-state index in [0.717, 1.165) is 42.8 Å². The molecule has 0 bridgehead atoms. The van der Waals surface area contributed by atoms with Crippen molar-refractivity contribution in [3.63, 3.8) is 0 Å². The van der Waals surface area contributed by atoms with Gasteiger partial charge in [-0.15, -0.1) is 11.3 Å². The Bertz CT molecular complexity index is 405. The van der Waals surface area contributed by atoms with E-state index < -0.39 is 0 Å². The lowest BCUT2D eigenvalue weighted by Gasteiger charge is -2.25. The number of hydrogen-bond acceptors (Lipinski definition) is 4. The lowest BCUT2D eigenvalue weighted by Crippen LogP contribution is -2.38. The number of carbonyl (C=O) groups is 1. The third kappa shape index (κ3) is 3.78. The minimum absolute atomic E-state index is 0.117. The average Bonchev–Trinajstić information content (AvgIpc) is 2.75. The average molecular weight is 267 g/mol. The Morgan fingerprint density at radius 3 is 3.11 bits per heavy atom. The van der Waals surface area contributed by atoms with Crippen LogP contribution < -0.4 is 11.1 Å². The predicted molar refractivity (Wildman–Crippen MR) is 73.5 cm³/mol. The second kappa shape index (κ2) is 6.29. The van der Waals surface area contributed by atoms with Crippen LogP contribution in [0.3, 0.4) is 0 Å². The van der Waals surface area contributed by atoms with Gasteiger partial charge in [0.2, 0.25) is 5.91 Å². The van der Waals surface area contributed by atoms with Crippen molar-refractivity contribution in [3.8, 4) is 0 Å². The number of rotatable bonds is 4. The quantitative estimate of drug-likeness (QED) is 0.871. The van der Waals surface area contributed by atoms with Crippen LogP contribution in [-0.4, -0.2) is 23.5 Å². The molecule has 0 saturated heterocycles. The highest BCUT2D eigenvalue weighted by molar-refractivity contribution is 7.09. The summed E-state index contributed by atoms with van der Waals surface area (Å²) in [5, 5.41) is 6.13. The molecule has 2 unspecified atom stereocenters. The molecule has 1 amide bonds. The topological polar surface area (TPSA) is 68.0 Å². The highest BCUT2D eigenvalue weighted by atomic mass is 32.1. The predicted octanol–water partition coefficient (Wildman–Crippen LogP) is 1.63. The molecule has 1 saturated carbocycles. The fraction of sp³-hybridized carbons (Fsp3) is 0.692. The fourth-order valence-electron chi connectivity index (χ4n) is 2.45. The number of aromatic nitrogens is 1. The number of amides is 1. The van der Waals surface area contributed by atoms with Crippen molar-refractivity contribution in [2.24, 2.45) is 11.7 Å². The zero-order chi connectivity index (χ0) is 13.0. The van der Waals surface area contributed by atoms with Crippen molar-refractivity contribution in [2.45, 2.75) is 45.1 Å². The monoisotopic (exact) mass is 267 g/mol. The Morgan fingerprint density at radius 1 is 1.61 bits per heavy atom. The van der Waals surface area contributed by atoms with Crippen LogP contribution in [0.25, 0.3) is 0 Å². The van der Waals surface area contributed by atoms with Gasteiger partial charge in [-0.2, -0.15) is 0 Å². The summed E-state index contributed by atoms with van der Waals surface area (Å²) in [6.45, 7) is 2.67. The molecule has 1 aliphatic rings. The van der Waals surface area contributed by atoms with E-state index in [-0.39, 0.29) is 17.9 Å². The van der Waals surface area contributed by atoms with Crippen molar-refractivity contribution < 1.29 is 4.79 Å². The molecule has 1 heterocycles. The molecular formula is C13H21N3OS. The Balaban J connectivity index is 1.71. The van der Waals surface area contributed by atoms with Crippen molar-refractivity contribution >= 4 is 17.2 Å². The zero-order valence-electron chi connectivity index (χ0n) is 10.8. The van der Waals surface area contributed by atoms with Gasteiger partial charge in [-0.05, 0) is 26.2 Å². The van der Waals surface area contributed by atoms with Crippen molar-refractivity contribution in [1.29, 1.82) is 0 Å². The van der Waals surface area contributed by atoms with Gasteiger partial charge in [-0.3, -0.25) is 4.79 Å². The minimum atomic E-state index is 0.117. The molecule has 3 N–H and O–H groups in total. The van der Waals surface area contributed by atoms with E-state index in [4.69, 9.17) is 5.73 Å². The Hall–Kier alpha value is -0.940. The molecule has 0 spiro atoms. The molecule has 0 aliphatic heterocycles. The van der Waals surface area contributed by atoms with Gasteiger partial charge in [0.05, 0.1) is 10.7 Å². The second-order valence-corrected chi connectivity index (χ2v) is 6.08. The Labute approximate surface area is 112 Å². The van der Waals surface area contributed by atoms with Crippen LogP contribution >= 0.6 is 11.3 Å². The molecule has 4 nitrogen and oxygen atoms in total. The normalized spacial score (nSPS) is 23.9. The molecule has 0 radical (unpaired) electrons. The summed E-state index contributed by atoms with van der Waals surface area (Å²) in [5.41, 5.74) is 6.96. The molecule has 1 aromatic rings. The molecule has 1 aliphatic carbocycles. The maximum atomic E-state index is 12.0. The molecule has 100 valence electrons. The SMILES string of the molecule is Cc1nc(CCNC(=O)C2CCCC(N)C2)cs1. The Morgan fingerprint density at radius 2 is 2.44 bits per heavy atom. The van der Waals surface area contributed by atoms with Gasteiger partial charge in [0, 0.05) is 30.3 Å². The lowest BCUT2D eigenvalue weighted by molar-refractivity contribution is -0.126. The van der Waals surface area contributed by atoms with Crippen molar-refractivity contribution in [2.75, 3.05) is 6.54 Å². The molecule has 1 fully saturated rings. The summed E-state index contributed by atoms with van der Waals surface area (Å²) >= 11 is 1.65. The van der Waals surface area contributed by atoms with Crippen LogP contribution in [0.15, 0.2) is 5.38 Å². The highest BCUT2D eigenvalue weighted by Gasteiger charge is 2.24. The third-order valence-corrected chi connectivity index (χ3v) is 4.25. The maximum Gasteiger partial charge on any atom is 0.223 e. The van der Waals surface area contributed by atoms with Crippen LogP contribution in [0.1, 0.15) is 36.4 Å². The van der Waals surface area contributed by atoms with Crippen molar-refractivity contribution in [3.05, 3.63) is 16.1 Å². The third-order valence-electron chi connectivity index (χ3n) is 3.43. The number of nitrogens with one attached hydrogen (secondary N) is 1. The van der Waals surface area contributed by atoms with Gasteiger partial charge in [0.15, 0.2) is 0 Å².